The Morgan fingerprint density at radius 3 is 2.33 bits per heavy atom. The van der Waals surface area contributed by atoms with E-state index in [1.165, 1.54) is 16.1 Å². The zero-order valence-corrected chi connectivity index (χ0v) is 18.4. The molecule has 2 aromatic carbocycles. The number of para-hydroxylation sites is 1. The number of rotatable bonds is 9. The van der Waals surface area contributed by atoms with Crippen molar-refractivity contribution in [2.75, 3.05) is 16.3 Å². The Morgan fingerprint density at radius 2 is 1.70 bits per heavy atom. The molecule has 1 amide bonds. The van der Waals surface area contributed by atoms with Gasteiger partial charge < -0.3 is 9.88 Å². The Kier molecular flexibility index (Phi) is 7.11. The van der Waals surface area contributed by atoms with Crippen LogP contribution in [0.3, 0.4) is 0 Å². The van der Waals surface area contributed by atoms with Crippen LogP contribution in [0.5, 0.6) is 0 Å². The number of carbonyl (C=O) groups is 1. The zero-order chi connectivity index (χ0) is 21.6. The molecular formula is C20H23N5O3S2. The van der Waals surface area contributed by atoms with E-state index in [9.17, 15) is 13.2 Å². The molecule has 1 aromatic heterocycles. The first-order valence-corrected chi connectivity index (χ1v) is 12.0. The molecule has 3 rings (SSSR count). The third-order valence-electron chi connectivity index (χ3n) is 4.32. The largest absolute Gasteiger partial charge is 0.351 e. The molecule has 0 unspecified atom stereocenters. The van der Waals surface area contributed by atoms with Crippen LogP contribution in [-0.4, -0.2) is 41.1 Å². The third-order valence-corrected chi connectivity index (χ3v) is 6.48. The molecule has 0 spiro atoms. The number of sulfonamides is 1. The Balaban J connectivity index is 1.61. The van der Waals surface area contributed by atoms with Gasteiger partial charge >= 0.3 is 0 Å². The quantitative estimate of drug-likeness (QED) is 0.507. The molecule has 0 aliphatic carbocycles. The molecule has 10 heteroatoms. The first-order chi connectivity index (χ1) is 14.3. The van der Waals surface area contributed by atoms with E-state index in [-0.39, 0.29) is 18.2 Å². The first kappa shape index (κ1) is 21.8. The van der Waals surface area contributed by atoms with Crippen LogP contribution in [0.2, 0.25) is 0 Å². The Hall–Kier alpha value is -2.85. The van der Waals surface area contributed by atoms with Gasteiger partial charge in [0.25, 0.3) is 0 Å². The minimum absolute atomic E-state index is 0.0487. The maximum atomic E-state index is 12.3. The van der Waals surface area contributed by atoms with Gasteiger partial charge in [0.15, 0.2) is 11.0 Å². The predicted octanol–water partition coefficient (Wildman–Crippen LogP) is 2.19. The first-order valence-electron chi connectivity index (χ1n) is 9.19. The van der Waals surface area contributed by atoms with E-state index in [1.54, 1.807) is 35.9 Å². The Morgan fingerprint density at radius 1 is 1.07 bits per heavy atom. The normalized spacial score (nSPS) is 11.3. The van der Waals surface area contributed by atoms with Gasteiger partial charge in [-0.05, 0) is 17.7 Å². The highest BCUT2D eigenvalue weighted by molar-refractivity contribution is 7.99. The molecule has 0 fully saturated rings. The Bertz CT molecular complexity index is 1090. The number of nitrogens with zero attached hydrogens (tertiary/aromatic N) is 4. The molecule has 3 aromatic rings. The van der Waals surface area contributed by atoms with Gasteiger partial charge in [0.05, 0.1) is 24.2 Å². The molecule has 0 saturated carbocycles. The number of amides is 1. The van der Waals surface area contributed by atoms with Crippen LogP contribution in [0.1, 0.15) is 11.4 Å². The lowest BCUT2D eigenvalue weighted by atomic mass is 10.2. The maximum Gasteiger partial charge on any atom is 0.232 e. The van der Waals surface area contributed by atoms with Crippen LogP contribution in [0, 0.1) is 0 Å². The highest BCUT2D eigenvalue weighted by Crippen LogP contribution is 2.21. The monoisotopic (exact) mass is 445 g/mol. The van der Waals surface area contributed by atoms with Crippen LogP contribution in [0.15, 0.2) is 65.8 Å². The van der Waals surface area contributed by atoms with Gasteiger partial charge in [-0.2, -0.15) is 0 Å². The molecule has 30 heavy (non-hydrogen) atoms. The van der Waals surface area contributed by atoms with E-state index in [0.717, 1.165) is 11.8 Å². The van der Waals surface area contributed by atoms with Gasteiger partial charge in [0.2, 0.25) is 15.9 Å². The van der Waals surface area contributed by atoms with E-state index in [4.69, 9.17) is 0 Å². The predicted molar refractivity (Wildman–Crippen MR) is 117 cm³/mol. The smallest absolute Gasteiger partial charge is 0.232 e. The van der Waals surface area contributed by atoms with Gasteiger partial charge in [0.1, 0.15) is 0 Å². The zero-order valence-electron chi connectivity index (χ0n) is 16.7. The highest BCUT2D eigenvalue weighted by atomic mass is 32.2. The minimum atomic E-state index is -3.50. The average Bonchev–Trinajstić information content (AvgIpc) is 3.09. The average molecular weight is 446 g/mol. The molecular weight excluding hydrogens is 422 g/mol. The number of hydrogen-bond donors (Lipinski definition) is 1. The summed E-state index contributed by atoms with van der Waals surface area (Å²) in [6.07, 6.45) is 1.16. The van der Waals surface area contributed by atoms with Crippen LogP contribution in [0.25, 0.3) is 0 Å². The lowest BCUT2D eigenvalue weighted by molar-refractivity contribution is -0.118. The van der Waals surface area contributed by atoms with Gasteiger partial charge in [-0.1, -0.05) is 60.3 Å². The van der Waals surface area contributed by atoms with Gasteiger partial charge in [-0.15, -0.1) is 10.2 Å². The van der Waals surface area contributed by atoms with E-state index in [0.29, 0.717) is 23.2 Å². The fourth-order valence-electron chi connectivity index (χ4n) is 2.71. The van der Waals surface area contributed by atoms with Crippen molar-refractivity contribution in [3.63, 3.8) is 0 Å². The molecule has 1 N–H and O–H groups in total. The molecule has 0 bridgehead atoms. The van der Waals surface area contributed by atoms with Crippen molar-refractivity contribution in [3.8, 4) is 0 Å². The van der Waals surface area contributed by atoms with Gasteiger partial charge in [-0.25, -0.2) is 8.42 Å². The summed E-state index contributed by atoms with van der Waals surface area (Å²) in [5, 5.41) is 11.6. The maximum absolute atomic E-state index is 12.3. The summed E-state index contributed by atoms with van der Waals surface area (Å²) in [6, 6.07) is 18.5. The van der Waals surface area contributed by atoms with Crippen LogP contribution >= 0.6 is 11.8 Å². The SMILES string of the molecule is Cn1c(CN(c2ccccc2)S(C)(=O)=O)nnc1SCC(=O)NCc1ccccc1. The topological polar surface area (TPSA) is 97.2 Å². The molecule has 0 radical (unpaired) electrons. The van der Waals surface area contributed by atoms with E-state index in [2.05, 4.69) is 15.5 Å². The molecule has 0 atom stereocenters. The van der Waals surface area contributed by atoms with Crippen LogP contribution in [0.4, 0.5) is 5.69 Å². The number of aromatic nitrogens is 3. The number of anilines is 1. The second-order valence-corrected chi connectivity index (χ2v) is 9.46. The van der Waals surface area contributed by atoms with E-state index < -0.39 is 10.0 Å². The van der Waals surface area contributed by atoms with Crippen molar-refractivity contribution < 1.29 is 13.2 Å². The Labute approximate surface area is 180 Å². The summed E-state index contributed by atoms with van der Waals surface area (Å²) < 4.78 is 27.5. The van der Waals surface area contributed by atoms with Crippen molar-refractivity contribution in [1.29, 1.82) is 0 Å². The van der Waals surface area contributed by atoms with Crippen molar-refractivity contribution >= 4 is 33.4 Å². The molecule has 1 heterocycles. The van der Waals surface area contributed by atoms with Crippen molar-refractivity contribution in [2.45, 2.75) is 18.2 Å². The minimum Gasteiger partial charge on any atom is -0.351 e. The molecule has 0 saturated heterocycles. The van der Waals surface area contributed by atoms with E-state index >= 15 is 0 Å². The second-order valence-electron chi connectivity index (χ2n) is 6.61. The molecule has 8 nitrogen and oxygen atoms in total. The number of carbonyl (C=O) groups excluding carboxylic acids is 1. The van der Waals surface area contributed by atoms with Gasteiger partial charge in [-0.3, -0.25) is 9.10 Å². The summed E-state index contributed by atoms with van der Waals surface area (Å²) in [5.41, 5.74) is 1.58. The van der Waals surface area contributed by atoms with Crippen molar-refractivity contribution in [3.05, 3.63) is 72.1 Å². The van der Waals surface area contributed by atoms with Crippen LogP contribution < -0.4 is 9.62 Å². The molecule has 158 valence electrons. The number of nitrogens with one attached hydrogen (secondary N) is 1. The lowest BCUT2D eigenvalue weighted by Gasteiger charge is -2.21. The fraction of sp³-hybridized carbons (Fsp3) is 0.250. The number of hydrogen-bond acceptors (Lipinski definition) is 6. The highest BCUT2D eigenvalue weighted by Gasteiger charge is 2.21. The van der Waals surface area contributed by atoms with Crippen LogP contribution in [-0.2, 0) is 35.0 Å². The van der Waals surface area contributed by atoms with Crippen molar-refractivity contribution in [1.82, 2.24) is 20.1 Å². The number of thioether (sulfide) groups is 1. The third kappa shape index (κ3) is 5.83. The summed E-state index contributed by atoms with van der Waals surface area (Å²) in [4.78, 5) is 12.1. The lowest BCUT2D eigenvalue weighted by Crippen LogP contribution is -2.30. The second kappa shape index (κ2) is 9.77. The molecule has 0 aliphatic rings. The summed E-state index contributed by atoms with van der Waals surface area (Å²) in [5.74, 6) is 0.555. The molecule has 0 aliphatic heterocycles. The summed E-state index contributed by atoms with van der Waals surface area (Å²) in [6.45, 7) is 0.512. The summed E-state index contributed by atoms with van der Waals surface area (Å²) in [7, 11) is -1.75. The summed E-state index contributed by atoms with van der Waals surface area (Å²) >= 11 is 1.25. The van der Waals surface area contributed by atoms with Crippen molar-refractivity contribution in [2.24, 2.45) is 7.05 Å². The van der Waals surface area contributed by atoms with E-state index in [1.807, 2.05) is 36.4 Å². The standard InChI is InChI=1S/C20H23N5O3S2/c1-24-18(14-25(30(2,27)28)17-11-7-4-8-12-17)22-23-20(24)29-15-19(26)21-13-16-9-5-3-6-10-16/h3-12H,13-15H2,1-2H3,(H,21,26). The number of benzene rings is 2. The fourth-order valence-corrected chi connectivity index (χ4v) is 4.32. The van der Waals surface area contributed by atoms with Gasteiger partial charge in [0, 0.05) is 13.6 Å².